The lowest BCUT2D eigenvalue weighted by Gasteiger charge is -2.26. The molecule has 0 saturated heterocycles. The van der Waals surface area contributed by atoms with Gasteiger partial charge in [0.05, 0.1) is 12.1 Å². The lowest BCUT2D eigenvalue weighted by Crippen LogP contribution is -2.58. The summed E-state index contributed by atoms with van der Waals surface area (Å²) in [4.78, 5) is 53.7. The van der Waals surface area contributed by atoms with Gasteiger partial charge in [0.25, 0.3) is 0 Å². The molecular formula is C21H41N7O6S. The summed E-state index contributed by atoms with van der Waals surface area (Å²) >= 11 is 1.43. The zero-order valence-electron chi connectivity index (χ0n) is 20.8. The summed E-state index contributed by atoms with van der Waals surface area (Å²) in [6.07, 6.45) is 1.87. The Morgan fingerprint density at radius 1 is 0.971 bits per heavy atom. The average Bonchev–Trinajstić information content (AvgIpc) is 2.79. The summed E-state index contributed by atoms with van der Waals surface area (Å²) < 4.78 is 0. The number of amides is 3. The van der Waals surface area contributed by atoms with E-state index in [1.54, 1.807) is 0 Å². The van der Waals surface area contributed by atoms with Gasteiger partial charge in [-0.05, 0) is 44.1 Å². The quantitative estimate of drug-likeness (QED) is 0.0602. The van der Waals surface area contributed by atoms with E-state index >= 15 is 0 Å². The number of carboxylic acid groups (broad SMARTS) is 1. The molecule has 0 saturated carbocycles. The van der Waals surface area contributed by atoms with Gasteiger partial charge in [0.1, 0.15) is 12.1 Å². The molecule has 0 aliphatic rings. The van der Waals surface area contributed by atoms with Crippen LogP contribution >= 0.6 is 11.8 Å². The smallest absolute Gasteiger partial charge is 0.328 e. The van der Waals surface area contributed by atoms with Crippen LogP contribution < -0.4 is 33.2 Å². The number of carboxylic acids is 1. The molecule has 0 rings (SSSR count). The number of thioether (sulfide) groups is 1. The molecule has 0 bridgehead atoms. The van der Waals surface area contributed by atoms with Crippen molar-refractivity contribution in [2.75, 3.05) is 18.6 Å². The van der Waals surface area contributed by atoms with Gasteiger partial charge in [-0.2, -0.15) is 11.8 Å². The summed E-state index contributed by atoms with van der Waals surface area (Å²) in [6, 6.07) is -4.48. The summed E-state index contributed by atoms with van der Waals surface area (Å²) in [5.74, 6) is -3.04. The van der Waals surface area contributed by atoms with E-state index in [0.29, 0.717) is 18.6 Å². The highest BCUT2D eigenvalue weighted by Crippen LogP contribution is 2.08. The third kappa shape index (κ3) is 12.6. The molecule has 202 valence electrons. The number of nitrogens with two attached hydrogens (primary N) is 3. The highest BCUT2D eigenvalue weighted by Gasteiger charge is 2.32. The second-order valence-electron chi connectivity index (χ2n) is 8.33. The number of aliphatic hydroxyl groups excluding tert-OH is 1. The molecule has 6 unspecified atom stereocenters. The van der Waals surface area contributed by atoms with Gasteiger partial charge in [0.2, 0.25) is 17.7 Å². The molecule has 0 heterocycles. The predicted molar refractivity (Wildman–Crippen MR) is 135 cm³/mol. The van der Waals surface area contributed by atoms with E-state index in [9.17, 15) is 29.4 Å². The second-order valence-corrected chi connectivity index (χ2v) is 9.31. The van der Waals surface area contributed by atoms with Crippen LogP contribution in [0.5, 0.6) is 0 Å². The van der Waals surface area contributed by atoms with Crippen LogP contribution in [0.3, 0.4) is 0 Å². The number of guanidine groups is 1. The standard InChI is InChI=1S/C21H41N7O6S/c1-5-11(2)15(22)19(32)27-13(7-6-9-25-21(23)24)17(30)26-14(8-10-35-4)18(31)28-16(12(3)29)20(33)34/h11-16,29H,5-10,22H2,1-4H3,(H,26,30)(H,27,32)(H,28,31)(H,33,34)(H4,23,24,25). The van der Waals surface area contributed by atoms with E-state index in [-0.39, 0.29) is 31.3 Å². The molecule has 14 heteroatoms. The minimum Gasteiger partial charge on any atom is -0.480 e. The fourth-order valence-electron chi connectivity index (χ4n) is 2.97. The molecule has 3 amide bonds. The normalized spacial score (nSPS) is 16.1. The number of nitrogens with one attached hydrogen (secondary N) is 3. The van der Waals surface area contributed by atoms with Gasteiger partial charge < -0.3 is 43.4 Å². The number of rotatable bonds is 17. The Morgan fingerprint density at radius 3 is 2.00 bits per heavy atom. The van der Waals surface area contributed by atoms with E-state index in [2.05, 4.69) is 20.9 Å². The number of aliphatic carboxylic acids is 1. The van der Waals surface area contributed by atoms with Crippen molar-refractivity contribution >= 4 is 41.4 Å². The average molecular weight is 520 g/mol. The number of carbonyl (C=O) groups excluding carboxylic acids is 3. The van der Waals surface area contributed by atoms with Crippen LogP contribution in [0.4, 0.5) is 0 Å². The minimum absolute atomic E-state index is 0.103. The van der Waals surface area contributed by atoms with Crippen molar-refractivity contribution in [1.82, 2.24) is 16.0 Å². The molecule has 6 atom stereocenters. The second kappa shape index (κ2) is 16.9. The third-order valence-corrected chi connectivity index (χ3v) is 6.07. The minimum atomic E-state index is -1.54. The Labute approximate surface area is 210 Å². The van der Waals surface area contributed by atoms with Crippen LogP contribution in [-0.4, -0.2) is 88.7 Å². The fourth-order valence-corrected chi connectivity index (χ4v) is 3.44. The molecule has 0 fully saturated rings. The SMILES string of the molecule is CCC(C)C(N)C(=O)NC(CCCN=C(N)N)C(=O)NC(CCSC)C(=O)NC(C(=O)O)C(C)O. The number of aliphatic hydroxyl groups is 1. The maximum absolute atomic E-state index is 13.1. The summed E-state index contributed by atoms with van der Waals surface area (Å²) in [7, 11) is 0. The van der Waals surface area contributed by atoms with Gasteiger partial charge >= 0.3 is 5.97 Å². The van der Waals surface area contributed by atoms with Crippen LogP contribution in [0.25, 0.3) is 0 Å². The number of carbonyl (C=O) groups is 4. The van der Waals surface area contributed by atoms with Gasteiger partial charge in [-0.25, -0.2) is 4.79 Å². The molecule has 35 heavy (non-hydrogen) atoms. The maximum Gasteiger partial charge on any atom is 0.328 e. The number of nitrogens with zero attached hydrogens (tertiary/aromatic N) is 1. The highest BCUT2D eigenvalue weighted by atomic mass is 32.2. The van der Waals surface area contributed by atoms with E-state index in [0.717, 1.165) is 0 Å². The van der Waals surface area contributed by atoms with Crippen LogP contribution in [0.15, 0.2) is 4.99 Å². The fraction of sp³-hybridized carbons (Fsp3) is 0.762. The van der Waals surface area contributed by atoms with Crippen molar-refractivity contribution < 1.29 is 29.4 Å². The van der Waals surface area contributed by atoms with Crippen molar-refractivity contribution in [1.29, 1.82) is 0 Å². The molecule has 0 aromatic rings. The Kier molecular flexibility index (Phi) is 15.7. The Bertz CT molecular complexity index is 733. The van der Waals surface area contributed by atoms with Gasteiger partial charge in [-0.15, -0.1) is 0 Å². The molecule has 11 N–H and O–H groups in total. The lowest BCUT2D eigenvalue weighted by atomic mass is 9.98. The molecule has 0 radical (unpaired) electrons. The Morgan fingerprint density at radius 2 is 1.51 bits per heavy atom. The van der Waals surface area contributed by atoms with Gasteiger partial charge in [-0.1, -0.05) is 20.3 Å². The van der Waals surface area contributed by atoms with Crippen LogP contribution in [0.1, 0.15) is 46.5 Å². The first kappa shape index (κ1) is 32.4. The van der Waals surface area contributed by atoms with Crippen LogP contribution in [0, 0.1) is 5.92 Å². The summed E-state index contributed by atoms with van der Waals surface area (Å²) in [5, 5.41) is 26.4. The molecule has 0 spiro atoms. The van der Waals surface area contributed by atoms with Gasteiger partial charge in [0, 0.05) is 6.54 Å². The first-order valence-electron chi connectivity index (χ1n) is 11.5. The number of hydrogen-bond donors (Lipinski definition) is 8. The molecule has 0 aliphatic carbocycles. The molecule has 0 aromatic heterocycles. The molecule has 13 nitrogen and oxygen atoms in total. The van der Waals surface area contributed by atoms with E-state index in [1.165, 1.54) is 18.7 Å². The monoisotopic (exact) mass is 519 g/mol. The van der Waals surface area contributed by atoms with Crippen molar-refractivity contribution in [2.45, 2.75) is 76.7 Å². The van der Waals surface area contributed by atoms with Gasteiger partial charge in [-0.3, -0.25) is 19.4 Å². The first-order valence-corrected chi connectivity index (χ1v) is 12.9. The summed E-state index contributed by atoms with van der Waals surface area (Å²) in [6.45, 7) is 5.17. The predicted octanol–water partition coefficient (Wildman–Crippen LogP) is -1.91. The van der Waals surface area contributed by atoms with Crippen molar-refractivity contribution in [3.05, 3.63) is 0 Å². The van der Waals surface area contributed by atoms with Crippen molar-refractivity contribution in [3.63, 3.8) is 0 Å². The zero-order chi connectivity index (χ0) is 27.1. The number of hydrogen-bond acceptors (Lipinski definition) is 8. The Hall–Kier alpha value is -2.58. The van der Waals surface area contributed by atoms with E-state index < -0.39 is 54.0 Å². The molecule has 0 aliphatic heterocycles. The van der Waals surface area contributed by atoms with Crippen LogP contribution in [-0.2, 0) is 19.2 Å². The molecule has 0 aromatic carbocycles. The van der Waals surface area contributed by atoms with Crippen molar-refractivity contribution in [2.24, 2.45) is 28.1 Å². The van der Waals surface area contributed by atoms with Crippen LogP contribution in [0.2, 0.25) is 0 Å². The van der Waals surface area contributed by atoms with Crippen molar-refractivity contribution in [3.8, 4) is 0 Å². The molecular weight excluding hydrogens is 478 g/mol. The zero-order valence-corrected chi connectivity index (χ0v) is 21.6. The largest absolute Gasteiger partial charge is 0.480 e. The third-order valence-electron chi connectivity index (χ3n) is 5.43. The highest BCUT2D eigenvalue weighted by molar-refractivity contribution is 7.98. The topological polar surface area (TPSA) is 235 Å². The maximum atomic E-state index is 13.1. The first-order chi connectivity index (χ1) is 16.3. The van der Waals surface area contributed by atoms with Gasteiger partial charge in [0.15, 0.2) is 12.0 Å². The van der Waals surface area contributed by atoms with E-state index in [4.69, 9.17) is 17.2 Å². The number of aliphatic imine (C=N–C) groups is 1. The summed E-state index contributed by atoms with van der Waals surface area (Å²) in [5.41, 5.74) is 16.6. The van der Waals surface area contributed by atoms with E-state index in [1.807, 2.05) is 20.1 Å². The Balaban J connectivity index is 5.60. The lowest BCUT2D eigenvalue weighted by molar-refractivity contribution is -0.145.